The molecule has 1 aromatic carbocycles. The van der Waals surface area contributed by atoms with Crippen LogP contribution >= 0.6 is 11.8 Å². The minimum Gasteiger partial charge on any atom is -0.356 e. The maximum Gasteiger partial charge on any atom is 0.254 e. The Kier molecular flexibility index (Phi) is 4.92. The predicted octanol–water partition coefficient (Wildman–Crippen LogP) is 1.47. The second-order valence-electron chi connectivity index (χ2n) is 6.03. The molecular formula is C17H22N2O3S. The van der Waals surface area contributed by atoms with E-state index in [-0.39, 0.29) is 24.5 Å². The normalized spacial score (nSPS) is 25.6. The van der Waals surface area contributed by atoms with Crippen molar-refractivity contribution in [3.63, 3.8) is 0 Å². The molecule has 0 radical (unpaired) electrons. The van der Waals surface area contributed by atoms with Crippen molar-refractivity contribution < 1.29 is 14.3 Å². The molecule has 2 unspecified atom stereocenters. The average molecular weight is 334 g/mol. The summed E-state index contributed by atoms with van der Waals surface area (Å²) < 4.78 is 5.68. The largest absolute Gasteiger partial charge is 0.356 e. The summed E-state index contributed by atoms with van der Waals surface area (Å²) in [5.74, 6) is 1.83. The van der Waals surface area contributed by atoms with E-state index in [0.29, 0.717) is 0 Å². The average Bonchev–Trinajstić information content (AvgIpc) is 2.58. The topological polar surface area (TPSA) is 49.9 Å². The molecule has 2 aliphatic rings. The smallest absolute Gasteiger partial charge is 0.254 e. The van der Waals surface area contributed by atoms with E-state index in [9.17, 15) is 9.59 Å². The molecule has 0 saturated carbocycles. The summed E-state index contributed by atoms with van der Waals surface area (Å²) in [6.07, 6.45) is -0.622. The highest BCUT2D eigenvalue weighted by Crippen LogP contribution is 2.30. The molecule has 1 aromatic rings. The number of likely N-dealkylation sites (N-methyl/N-ethyl adjacent to an activating group) is 1. The maximum atomic E-state index is 12.9. The van der Waals surface area contributed by atoms with E-state index in [1.54, 1.807) is 11.9 Å². The molecule has 0 aliphatic carbocycles. The Morgan fingerprint density at radius 3 is 2.52 bits per heavy atom. The number of aryl methyl sites for hydroxylation is 1. The lowest BCUT2D eigenvalue weighted by molar-refractivity contribution is -0.167. The van der Waals surface area contributed by atoms with Crippen molar-refractivity contribution >= 4 is 23.6 Å². The number of carbonyl (C=O) groups is 2. The zero-order chi connectivity index (χ0) is 16.4. The first-order valence-electron chi connectivity index (χ1n) is 7.88. The fraction of sp³-hybridized carbons (Fsp3) is 0.529. The Hall–Kier alpha value is -1.53. The summed E-state index contributed by atoms with van der Waals surface area (Å²) in [6.45, 7) is 3.49. The minimum atomic E-state index is -0.622. The molecule has 2 saturated heterocycles. The van der Waals surface area contributed by atoms with Crippen molar-refractivity contribution in [2.45, 2.75) is 19.1 Å². The molecule has 0 aromatic heterocycles. The van der Waals surface area contributed by atoms with E-state index in [1.165, 1.54) is 0 Å². The minimum absolute atomic E-state index is 0.00442. The fourth-order valence-corrected chi connectivity index (χ4v) is 3.95. The first-order valence-corrected chi connectivity index (χ1v) is 9.04. The molecule has 124 valence electrons. The van der Waals surface area contributed by atoms with E-state index < -0.39 is 6.10 Å². The summed E-state index contributed by atoms with van der Waals surface area (Å²) in [6, 6.07) is 7.59. The number of benzene rings is 1. The van der Waals surface area contributed by atoms with Crippen LogP contribution in [0, 0.1) is 6.92 Å². The van der Waals surface area contributed by atoms with Crippen molar-refractivity contribution in [1.29, 1.82) is 0 Å². The Morgan fingerprint density at radius 1 is 1.22 bits per heavy atom. The lowest BCUT2D eigenvalue weighted by Gasteiger charge is -2.40. The zero-order valence-electron chi connectivity index (χ0n) is 13.5. The van der Waals surface area contributed by atoms with Crippen LogP contribution in [0.15, 0.2) is 24.3 Å². The van der Waals surface area contributed by atoms with Gasteiger partial charge in [-0.15, -0.1) is 0 Å². The monoisotopic (exact) mass is 334 g/mol. The van der Waals surface area contributed by atoms with Crippen molar-refractivity contribution in [3.8, 4) is 0 Å². The van der Waals surface area contributed by atoms with Gasteiger partial charge in [0.25, 0.3) is 5.91 Å². The van der Waals surface area contributed by atoms with Gasteiger partial charge in [0.1, 0.15) is 6.61 Å². The Balaban J connectivity index is 1.87. The van der Waals surface area contributed by atoms with Crippen molar-refractivity contribution in [2.75, 3.05) is 38.2 Å². The molecule has 23 heavy (non-hydrogen) atoms. The zero-order valence-corrected chi connectivity index (χ0v) is 14.3. The third-order valence-electron chi connectivity index (χ3n) is 4.47. The van der Waals surface area contributed by atoms with Gasteiger partial charge in [-0.05, 0) is 12.5 Å². The van der Waals surface area contributed by atoms with Crippen LogP contribution in [0.1, 0.15) is 17.2 Å². The second-order valence-corrected chi connectivity index (χ2v) is 7.25. The number of carbonyl (C=O) groups excluding carboxylic acids is 2. The lowest BCUT2D eigenvalue weighted by atomic mass is 9.96. The summed E-state index contributed by atoms with van der Waals surface area (Å²) in [5.41, 5.74) is 2.09. The van der Waals surface area contributed by atoms with E-state index in [4.69, 9.17) is 4.74 Å². The van der Waals surface area contributed by atoms with Crippen LogP contribution in [-0.4, -0.2) is 66.0 Å². The van der Waals surface area contributed by atoms with Gasteiger partial charge >= 0.3 is 0 Å². The molecule has 0 bridgehead atoms. The van der Waals surface area contributed by atoms with Gasteiger partial charge in [-0.2, -0.15) is 11.8 Å². The lowest BCUT2D eigenvalue weighted by Crippen LogP contribution is -2.55. The van der Waals surface area contributed by atoms with Gasteiger partial charge in [0, 0.05) is 31.6 Å². The van der Waals surface area contributed by atoms with Crippen molar-refractivity contribution in [2.24, 2.45) is 0 Å². The molecule has 2 aliphatic heterocycles. The third-order valence-corrected chi connectivity index (χ3v) is 5.41. The van der Waals surface area contributed by atoms with E-state index >= 15 is 0 Å². The Labute approximate surface area is 141 Å². The summed E-state index contributed by atoms with van der Waals surface area (Å²) in [5, 5.41) is 0. The van der Waals surface area contributed by atoms with Crippen LogP contribution in [-0.2, 0) is 14.3 Å². The van der Waals surface area contributed by atoms with Gasteiger partial charge in [0.2, 0.25) is 5.91 Å². The summed E-state index contributed by atoms with van der Waals surface area (Å²) in [4.78, 5) is 28.5. The molecule has 0 spiro atoms. The molecule has 2 atom stereocenters. The first kappa shape index (κ1) is 16.3. The number of hydrogen-bond acceptors (Lipinski definition) is 4. The molecule has 3 rings (SSSR count). The molecule has 2 amide bonds. The maximum absolute atomic E-state index is 12.9. The molecule has 6 heteroatoms. The van der Waals surface area contributed by atoms with Gasteiger partial charge in [0.05, 0.1) is 6.04 Å². The van der Waals surface area contributed by atoms with Gasteiger partial charge in [0.15, 0.2) is 6.10 Å². The standard InChI is InChI=1S/C17H22N2O3S/c1-12-3-5-13(6-4-12)15-16(22-11-14(20)18(15)2)17(21)19-7-9-23-10-8-19/h3-6,15-16H,7-11H2,1-2H3. The predicted molar refractivity (Wildman–Crippen MR) is 90.3 cm³/mol. The molecule has 0 N–H and O–H groups in total. The summed E-state index contributed by atoms with van der Waals surface area (Å²) in [7, 11) is 1.75. The number of ether oxygens (including phenoxy) is 1. The van der Waals surface area contributed by atoms with E-state index in [2.05, 4.69) is 0 Å². The van der Waals surface area contributed by atoms with Crippen LogP contribution < -0.4 is 0 Å². The summed E-state index contributed by atoms with van der Waals surface area (Å²) >= 11 is 1.86. The fourth-order valence-electron chi connectivity index (χ4n) is 3.04. The van der Waals surface area contributed by atoms with Crippen molar-refractivity contribution in [3.05, 3.63) is 35.4 Å². The Bertz CT molecular complexity index is 584. The number of rotatable bonds is 2. The van der Waals surface area contributed by atoms with Gasteiger partial charge < -0.3 is 14.5 Å². The highest BCUT2D eigenvalue weighted by Gasteiger charge is 2.41. The SMILES string of the molecule is Cc1ccc(C2C(C(=O)N3CCSCC3)OCC(=O)N2C)cc1. The molecule has 2 fully saturated rings. The van der Waals surface area contributed by atoms with E-state index in [0.717, 1.165) is 35.7 Å². The quantitative estimate of drug-likeness (QED) is 0.822. The molecule has 2 heterocycles. The highest BCUT2D eigenvalue weighted by atomic mass is 32.2. The second kappa shape index (κ2) is 6.93. The number of nitrogens with zero attached hydrogens (tertiary/aromatic N) is 2. The molecular weight excluding hydrogens is 312 g/mol. The van der Waals surface area contributed by atoms with Crippen molar-refractivity contribution in [1.82, 2.24) is 9.80 Å². The Morgan fingerprint density at radius 2 is 1.87 bits per heavy atom. The number of thioether (sulfide) groups is 1. The third kappa shape index (κ3) is 3.38. The van der Waals surface area contributed by atoms with Gasteiger partial charge in [-0.25, -0.2) is 0 Å². The van der Waals surface area contributed by atoms with Crippen LogP contribution in [0.25, 0.3) is 0 Å². The van der Waals surface area contributed by atoms with Gasteiger partial charge in [-0.3, -0.25) is 9.59 Å². The van der Waals surface area contributed by atoms with E-state index in [1.807, 2.05) is 47.9 Å². The van der Waals surface area contributed by atoms with Crippen LogP contribution in [0.5, 0.6) is 0 Å². The molecule has 5 nitrogen and oxygen atoms in total. The number of morpholine rings is 1. The highest BCUT2D eigenvalue weighted by molar-refractivity contribution is 7.99. The number of hydrogen-bond donors (Lipinski definition) is 0. The number of amides is 2. The van der Waals surface area contributed by atoms with Crippen LogP contribution in [0.3, 0.4) is 0 Å². The first-order chi connectivity index (χ1) is 11.1. The van der Waals surface area contributed by atoms with Gasteiger partial charge in [-0.1, -0.05) is 29.8 Å². The van der Waals surface area contributed by atoms with Crippen LogP contribution in [0.4, 0.5) is 0 Å². The van der Waals surface area contributed by atoms with Crippen LogP contribution in [0.2, 0.25) is 0 Å².